The van der Waals surface area contributed by atoms with Crippen LogP contribution in [-0.2, 0) is 14.2 Å². The van der Waals surface area contributed by atoms with Crippen molar-refractivity contribution in [1.29, 1.82) is 0 Å². The second-order valence-electron chi connectivity index (χ2n) is 12.2. The van der Waals surface area contributed by atoms with Crippen molar-refractivity contribution in [2.45, 2.75) is 142 Å². The minimum atomic E-state index is -0.905. The van der Waals surface area contributed by atoms with Crippen LogP contribution in [0.4, 0.5) is 4.79 Å². The fraction of sp³-hybridized carbons (Fsp3) is 0.697. The van der Waals surface area contributed by atoms with E-state index in [4.69, 9.17) is 14.2 Å². The average Bonchev–Trinajstić information content (AvgIpc) is 3.14. The van der Waals surface area contributed by atoms with Crippen LogP contribution in [0.15, 0.2) is 42.5 Å². The molecule has 2 atom stereocenters. The molecule has 1 aliphatic heterocycles. The molecule has 0 bridgehead atoms. The second-order valence-corrected chi connectivity index (χ2v) is 12.2. The molecule has 1 aromatic rings. The number of carbonyl (C=O) groups excluding carboxylic acids is 2. The van der Waals surface area contributed by atoms with Crippen LogP contribution in [-0.4, -0.2) is 47.0 Å². The monoisotopic (exact) mass is 543 g/mol. The minimum absolute atomic E-state index is 0.0177. The molecular formula is C33H53NO5. The Morgan fingerprint density at radius 2 is 1.49 bits per heavy atom. The van der Waals surface area contributed by atoms with E-state index in [2.05, 4.69) is 13.0 Å². The zero-order chi connectivity index (χ0) is 28.7. The number of hydrogen-bond donors (Lipinski definition) is 0. The average molecular weight is 544 g/mol. The molecule has 1 aliphatic rings. The molecule has 6 heteroatoms. The van der Waals surface area contributed by atoms with E-state index in [1.54, 1.807) is 29.2 Å². The number of allylic oxidation sites excluding steroid dienone is 1. The lowest BCUT2D eigenvalue weighted by Gasteiger charge is -2.34. The number of nitrogens with zero attached hydrogens (tertiary/aromatic N) is 1. The maximum Gasteiger partial charge on any atom is 0.413 e. The molecule has 1 fully saturated rings. The van der Waals surface area contributed by atoms with Gasteiger partial charge in [0.05, 0.1) is 5.56 Å². The van der Waals surface area contributed by atoms with Crippen LogP contribution in [0.1, 0.15) is 129 Å². The highest BCUT2D eigenvalue weighted by Gasteiger charge is 2.51. The number of benzene rings is 1. The van der Waals surface area contributed by atoms with Gasteiger partial charge in [0.1, 0.15) is 30.1 Å². The van der Waals surface area contributed by atoms with Crippen LogP contribution in [0.2, 0.25) is 0 Å². The van der Waals surface area contributed by atoms with Crippen LogP contribution < -0.4 is 0 Å². The molecule has 6 nitrogen and oxygen atoms in total. The van der Waals surface area contributed by atoms with Gasteiger partial charge in [-0.3, -0.25) is 4.90 Å². The van der Waals surface area contributed by atoms with Gasteiger partial charge >= 0.3 is 12.1 Å². The highest BCUT2D eigenvalue weighted by atomic mass is 16.6. The third-order valence-corrected chi connectivity index (χ3v) is 7.00. The topological polar surface area (TPSA) is 65.1 Å². The van der Waals surface area contributed by atoms with E-state index in [1.165, 1.54) is 64.2 Å². The molecule has 220 valence electrons. The van der Waals surface area contributed by atoms with E-state index in [1.807, 2.05) is 46.8 Å². The number of hydrogen-bond acceptors (Lipinski definition) is 5. The van der Waals surface area contributed by atoms with Crippen molar-refractivity contribution in [2.24, 2.45) is 0 Å². The third kappa shape index (κ3) is 12.2. The maximum absolute atomic E-state index is 13.2. The Balaban J connectivity index is 1.89. The summed E-state index contributed by atoms with van der Waals surface area (Å²) in [6.07, 6.45) is 18.7. The Kier molecular flexibility index (Phi) is 14.1. The lowest BCUT2D eigenvalue weighted by atomic mass is 10.0. The molecule has 39 heavy (non-hydrogen) atoms. The lowest BCUT2D eigenvalue weighted by Crippen LogP contribution is -2.51. The molecule has 1 heterocycles. The van der Waals surface area contributed by atoms with Crippen molar-refractivity contribution in [3.8, 4) is 0 Å². The van der Waals surface area contributed by atoms with Gasteiger partial charge in [-0.25, -0.2) is 9.59 Å². The van der Waals surface area contributed by atoms with Crippen molar-refractivity contribution in [1.82, 2.24) is 4.90 Å². The number of unbranched alkanes of at least 4 members (excludes halogenated alkanes) is 11. The van der Waals surface area contributed by atoms with Gasteiger partial charge in [-0.1, -0.05) is 101 Å². The summed E-state index contributed by atoms with van der Waals surface area (Å²) >= 11 is 0. The van der Waals surface area contributed by atoms with Gasteiger partial charge in [0.25, 0.3) is 0 Å². The van der Waals surface area contributed by atoms with E-state index < -0.39 is 35.5 Å². The zero-order valence-corrected chi connectivity index (χ0v) is 25.4. The van der Waals surface area contributed by atoms with Crippen LogP contribution in [0.25, 0.3) is 0 Å². The normalized spacial score (nSPS) is 19.0. The van der Waals surface area contributed by atoms with Gasteiger partial charge < -0.3 is 14.2 Å². The van der Waals surface area contributed by atoms with Crippen molar-refractivity contribution < 1.29 is 23.8 Å². The maximum atomic E-state index is 13.2. The summed E-state index contributed by atoms with van der Waals surface area (Å²) < 4.78 is 17.7. The fourth-order valence-electron chi connectivity index (χ4n) is 4.99. The molecule has 0 N–H and O–H groups in total. The summed E-state index contributed by atoms with van der Waals surface area (Å²) in [5.74, 6) is -0.423. The molecule has 1 aromatic carbocycles. The van der Waals surface area contributed by atoms with Crippen molar-refractivity contribution in [3.05, 3.63) is 48.0 Å². The SMILES string of the molecule is CCCCCCCCCCCCC/C=C/[C@H]1OC(C)(C)N(C(=O)OC(C)(C)C)[C@H]1COC(=O)c1ccccc1. The highest BCUT2D eigenvalue weighted by Crippen LogP contribution is 2.35. The first-order chi connectivity index (χ1) is 18.5. The van der Waals surface area contributed by atoms with Gasteiger partial charge in [0.15, 0.2) is 0 Å². The summed E-state index contributed by atoms with van der Waals surface area (Å²) in [6, 6.07) is 8.39. The van der Waals surface area contributed by atoms with Gasteiger partial charge in [-0.15, -0.1) is 0 Å². The predicted molar refractivity (Wildman–Crippen MR) is 158 cm³/mol. The summed E-state index contributed by atoms with van der Waals surface area (Å²) in [6.45, 7) is 11.5. The molecule has 0 unspecified atom stereocenters. The number of carbonyl (C=O) groups is 2. The molecule has 2 rings (SSSR count). The predicted octanol–water partition coefficient (Wildman–Crippen LogP) is 8.84. The van der Waals surface area contributed by atoms with Crippen molar-refractivity contribution in [2.75, 3.05) is 6.61 Å². The number of rotatable bonds is 16. The quantitative estimate of drug-likeness (QED) is 0.118. The molecule has 0 aromatic heterocycles. The molecule has 0 radical (unpaired) electrons. The fourth-order valence-corrected chi connectivity index (χ4v) is 4.99. The van der Waals surface area contributed by atoms with Gasteiger partial charge in [0.2, 0.25) is 0 Å². The molecule has 1 amide bonds. The molecular weight excluding hydrogens is 490 g/mol. The Morgan fingerprint density at radius 3 is 2.05 bits per heavy atom. The lowest BCUT2D eigenvalue weighted by molar-refractivity contribution is -0.0727. The van der Waals surface area contributed by atoms with Crippen LogP contribution in [0.3, 0.4) is 0 Å². The molecule has 1 saturated heterocycles. The first-order valence-electron chi connectivity index (χ1n) is 15.1. The summed E-state index contributed by atoms with van der Waals surface area (Å²) in [7, 11) is 0. The van der Waals surface area contributed by atoms with E-state index in [-0.39, 0.29) is 6.61 Å². The zero-order valence-electron chi connectivity index (χ0n) is 25.4. The van der Waals surface area contributed by atoms with Crippen LogP contribution >= 0.6 is 0 Å². The first kappa shape index (κ1) is 32.9. The van der Waals surface area contributed by atoms with Crippen molar-refractivity contribution >= 4 is 12.1 Å². The largest absolute Gasteiger partial charge is 0.460 e. The molecule has 0 spiro atoms. The molecule has 0 aliphatic carbocycles. The first-order valence-corrected chi connectivity index (χ1v) is 15.1. The number of ether oxygens (including phenoxy) is 3. The minimum Gasteiger partial charge on any atom is -0.460 e. The van der Waals surface area contributed by atoms with Gasteiger partial charge in [-0.2, -0.15) is 0 Å². The van der Waals surface area contributed by atoms with E-state index in [0.29, 0.717) is 5.56 Å². The Labute approximate surface area is 237 Å². The third-order valence-electron chi connectivity index (χ3n) is 7.00. The van der Waals surface area contributed by atoms with E-state index in [0.717, 1.165) is 12.8 Å². The summed E-state index contributed by atoms with van der Waals surface area (Å²) in [4.78, 5) is 27.4. The van der Waals surface area contributed by atoms with Crippen LogP contribution in [0.5, 0.6) is 0 Å². The molecule has 0 saturated carbocycles. The Morgan fingerprint density at radius 1 is 0.923 bits per heavy atom. The summed E-state index contributed by atoms with van der Waals surface area (Å²) in [5, 5.41) is 0. The highest BCUT2D eigenvalue weighted by molar-refractivity contribution is 5.89. The number of amides is 1. The van der Waals surface area contributed by atoms with E-state index in [9.17, 15) is 9.59 Å². The smallest absolute Gasteiger partial charge is 0.413 e. The van der Waals surface area contributed by atoms with Crippen molar-refractivity contribution in [3.63, 3.8) is 0 Å². The van der Waals surface area contributed by atoms with Crippen LogP contribution in [0, 0.1) is 0 Å². The number of esters is 1. The van der Waals surface area contributed by atoms with Gasteiger partial charge in [0, 0.05) is 0 Å². The van der Waals surface area contributed by atoms with E-state index >= 15 is 0 Å². The second kappa shape index (κ2) is 16.7. The van der Waals surface area contributed by atoms with Gasteiger partial charge in [-0.05, 0) is 59.6 Å². The Hall–Kier alpha value is -2.34. The Bertz CT molecular complexity index is 874. The standard InChI is InChI=1S/C33H53NO5/c1-7-8-9-10-11-12-13-14-15-16-17-18-22-25-29-28(26-37-30(35)27-23-20-19-21-24-27)34(33(5,6)38-29)31(36)39-32(2,3)4/h19-25,28-29H,7-18,26H2,1-6H3/b25-22+/t28-,29+/m0/s1. The summed E-state index contributed by atoms with van der Waals surface area (Å²) in [5.41, 5.74) is -1.08.